The lowest BCUT2D eigenvalue weighted by atomic mass is 10.2. The smallest absolute Gasteiger partial charge is 0.266 e. The van der Waals surface area contributed by atoms with Crippen molar-refractivity contribution in [1.29, 1.82) is 5.26 Å². The third kappa shape index (κ3) is 7.42. The van der Waals surface area contributed by atoms with Gasteiger partial charge in [-0.1, -0.05) is 62.9 Å². The topological polar surface area (TPSA) is 103 Å². The van der Waals surface area contributed by atoms with Gasteiger partial charge in [0.05, 0.1) is 21.5 Å². The molecule has 0 saturated heterocycles. The van der Waals surface area contributed by atoms with Gasteiger partial charge in [0.25, 0.3) is 5.91 Å². The van der Waals surface area contributed by atoms with Crippen LogP contribution < -0.4 is 5.32 Å². The van der Waals surface area contributed by atoms with Crippen molar-refractivity contribution < 1.29 is 17.6 Å². The molecule has 1 aromatic heterocycles. The first-order valence-electron chi connectivity index (χ1n) is 11.8. The first-order valence-corrected chi connectivity index (χ1v) is 14.8. The fourth-order valence-electron chi connectivity index (χ4n) is 3.68. The van der Waals surface area contributed by atoms with Crippen LogP contribution in [0, 0.1) is 18.3 Å². The first-order chi connectivity index (χ1) is 19.0. The molecule has 0 bridgehead atoms. The molecule has 0 aliphatic rings. The molecule has 1 N–H and O–H groups in total. The second kappa shape index (κ2) is 12.9. The molecule has 0 saturated carbocycles. The SMILES string of the molecule is Cc1ccc(S(=O)(=O)N(Cc2ccc(Cl)c(Cl)c2)Cc2ccc(/C=C(/C#N)C(=O)Nc3ccc(Br)cc3)o2)cc1. The van der Waals surface area contributed by atoms with E-state index in [1.54, 1.807) is 78.9 Å². The average molecular weight is 659 g/mol. The predicted molar refractivity (Wildman–Crippen MR) is 159 cm³/mol. The minimum absolute atomic E-state index is 0.00197. The van der Waals surface area contributed by atoms with Gasteiger partial charge in [-0.05, 0) is 73.2 Å². The normalized spacial score (nSPS) is 11.8. The molecule has 40 heavy (non-hydrogen) atoms. The number of hydrogen-bond donors (Lipinski definition) is 1. The number of nitrogens with one attached hydrogen (secondary N) is 1. The molecule has 0 aliphatic carbocycles. The van der Waals surface area contributed by atoms with Crippen LogP contribution in [0.3, 0.4) is 0 Å². The van der Waals surface area contributed by atoms with Crippen molar-refractivity contribution in [1.82, 2.24) is 4.31 Å². The van der Waals surface area contributed by atoms with E-state index in [4.69, 9.17) is 27.6 Å². The monoisotopic (exact) mass is 657 g/mol. The number of nitrogens with zero attached hydrogens (tertiary/aromatic N) is 2. The molecule has 1 heterocycles. The summed E-state index contributed by atoms with van der Waals surface area (Å²) in [5.41, 5.74) is 1.90. The van der Waals surface area contributed by atoms with Crippen molar-refractivity contribution in [3.05, 3.63) is 122 Å². The molecule has 0 fully saturated rings. The van der Waals surface area contributed by atoms with Crippen molar-refractivity contribution in [3.63, 3.8) is 0 Å². The van der Waals surface area contributed by atoms with Crippen molar-refractivity contribution in [2.24, 2.45) is 0 Å². The van der Waals surface area contributed by atoms with Crippen LogP contribution in [-0.2, 0) is 27.9 Å². The maximum atomic E-state index is 13.6. The Balaban J connectivity index is 1.59. The van der Waals surface area contributed by atoms with Crippen LogP contribution in [0.1, 0.15) is 22.6 Å². The third-order valence-corrected chi connectivity index (χ3v) is 8.84. The zero-order chi connectivity index (χ0) is 28.9. The number of furan rings is 1. The molecule has 3 aromatic carbocycles. The van der Waals surface area contributed by atoms with Gasteiger partial charge in [0.15, 0.2) is 0 Å². The molecule has 0 aliphatic heterocycles. The van der Waals surface area contributed by atoms with E-state index in [0.717, 1.165) is 10.0 Å². The van der Waals surface area contributed by atoms with E-state index in [1.807, 2.05) is 13.0 Å². The third-order valence-electron chi connectivity index (χ3n) is 5.77. The van der Waals surface area contributed by atoms with Crippen LogP contribution in [0.2, 0.25) is 10.0 Å². The fourth-order valence-corrected chi connectivity index (χ4v) is 5.66. The molecular formula is C29H22BrCl2N3O4S. The van der Waals surface area contributed by atoms with Crippen molar-refractivity contribution in [2.45, 2.75) is 24.9 Å². The highest BCUT2D eigenvalue weighted by Gasteiger charge is 2.26. The first kappa shape index (κ1) is 29.6. The van der Waals surface area contributed by atoms with E-state index in [-0.39, 0.29) is 29.3 Å². The van der Waals surface area contributed by atoms with Crippen LogP contribution in [0.25, 0.3) is 6.08 Å². The summed E-state index contributed by atoms with van der Waals surface area (Å²) < 4.78 is 35.2. The van der Waals surface area contributed by atoms with Crippen LogP contribution in [0.5, 0.6) is 0 Å². The maximum absolute atomic E-state index is 13.6. The molecular weight excluding hydrogens is 637 g/mol. The number of amides is 1. The molecule has 4 rings (SSSR count). The predicted octanol–water partition coefficient (Wildman–Crippen LogP) is 7.59. The Labute approximate surface area is 250 Å². The molecule has 4 aromatic rings. The molecule has 1 amide bonds. The summed E-state index contributed by atoms with van der Waals surface area (Å²) in [6.45, 7) is 1.76. The number of anilines is 1. The van der Waals surface area contributed by atoms with E-state index in [1.165, 1.54) is 10.4 Å². The zero-order valence-electron chi connectivity index (χ0n) is 21.1. The largest absolute Gasteiger partial charge is 0.460 e. The van der Waals surface area contributed by atoms with Gasteiger partial charge in [0, 0.05) is 22.8 Å². The van der Waals surface area contributed by atoms with Gasteiger partial charge in [-0.15, -0.1) is 0 Å². The van der Waals surface area contributed by atoms with Gasteiger partial charge >= 0.3 is 0 Å². The Morgan fingerprint density at radius 1 is 1.00 bits per heavy atom. The molecule has 0 spiro atoms. The number of halogens is 3. The molecule has 11 heteroatoms. The molecule has 0 unspecified atom stereocenters. The van der Waals surface area contributed by atoms with E-state index in [0.29, 0.717) is 27.1 Å². The Morgan fingerprint density at radius 3 is 2.35 bits per heavy atom. The molecule has 7 nitrogen and oxygen atoms in total. The number of carbonyl (C=O) groups excluding carboxylic acids is 1. The summed E-state index contributed by atoms with van der Waals surface area (Å²) >= 11 is 15.5. The Bertz CT molecular complexity index is 1710. The second-order valence-electron chi connectivity index (χ2n) is 8.77. The summed E-state index contributed by atoms with van der Waals surface area (Å²) in [7, 11) is -3.94. The lowest BCUT2D eigenvalue weighted by Crippen LogP contribution is -2.30. The van der Waals surface area contributed by atoms with Crippen LogP contribution in [0.15, 0.2) is 98.2 Å². The highest BCUT2D eigenvalue weighted by Crippen LogP contribution is 2.27. The van der Waals surface area contributed by atoms with E-state index in [9.17, 15) is 18.5 Å². The molecule has 0 atom stereocenters. The standard InChI is InChI=1S/C29H22BrCl2N3O4S/c1-19-2-11-26(12-3-19)40(37,38)35(17-20-4-13-27(31)28(32)14-20)18-25-10-9-24(39-25)15-21(16-33)29(36)34-23-7-5-22(30)6-8-23/h2-15H,17-18H2,1H3,(H,34,36)/b21-15-. The van der Waals surface area contributed by atoms with Crippen molar-refractivity contribution in [3.8, 4) is 6.07 Å². The van der Waals surface area contributed by atoms with Gasteiger partial charge in [0.2, 0.25) is 10.0 Å². The van der Waals surface area contributed by atoms with E-state index >= 15 is 0 Å². The zero-order valence-corrected chi connectivity index (χ0v) is 25.0. The summed E-state index contributed by atoms with van der Waals surface area (Å²) in [5, 5.41) is 12.9. The summed E-state index contributed by atoms with van der Waals surface area (Å²) in [4.78, 5) is 12.7. The van der Waals surface area contributed by atoms with Gasteiger partial charge < -0.3 is 9.73 Å². The van der Waals surface area contributed by atoms with Gasteiger partial charge in [-0.3, -0.25) is 4.79 Å². The Kier molecular flexibility index (Phi) is 9.51. The summed E-state index contributed by atoms with van der Waals surface area (Å²) in [5.74, 6) is -0.0710. The second-order valence-corrected chi connectivity index (χ2v) is 12.4. The lowest BCUT2D eigenvalue weighted by molar-refractivity contribution is -0.112. The average Bonchev–Trinajstić information content (AvgIpc) is 3.37. The quantitative estimate of drug-likeness (QED) is 0.147. The molecule has 0 radical (unpaired) electrons. The van der Waals surface area contributed by atoms with Gasteiger partial charge in [-0.2, -0.15) is 9.57 Å². The number of benzene rings is 3. The minimum atomic E-state index is -3.94. The van der Waals surface area contributed by atoms with Crippen molar-refractivity contribution in [2.75, 3.05) is 5.32 Å². The molecule has 204 valence electrons. The van der Waals surface area contributed by atoms with E-state index < -0.39 is 15.9 Å². The Morgan fingerprint density at radius 2 is 1.70 bits per heavy atom. The number of hydrogen-bond acceptors (Lipinski definition) is 5. The van der Waals surface area contributed by atoms with Crippen LogP contribution in [0.4, 0.5) is 5.69 Å². The lowest BCUT2D eigenvalue weighted by Gasteiger charge is -2.22. The summed E-state index contributed by atoms with van der Waals surface area (Å²) in [6.07, 6.45) is 1.30. The Hall–Kier alpha value is -3.39. The number of sulfonamides is 1. The highest BCUT2D eigenvalue weighted by atomic mass is 79.9. The van der Waals surface area contributed by atoms with Crippen LogP contribution in [-0.4, -0.2) is 18.6 Å². The summed E-state index contributed by atoms with van der Waals surface area (Å²) in [6, 6.07) is 23.4. The van der Waals surface area contributed by atoms with Crippen molar-refractivity contribution >= 4 is 66.8 Å². The van der Waals surface area contributed by atoms with Gasteiger partial charge in [0.1, 0.15) is 23.2 Å². The highest BCUT2D eigenvalue weighted by molar-refractivity contribution is 9.10. The number of aryl methyl sites for hydroxylation is 1. The van der Waals surface area contributed by atoms with Gasteiger partial charge in [-0.25, -0.2) is 8.42 Å². The number of carbonyl (C=O) groups is 1. The minimum Gasteiger partial charge on any atom is -0.460 e. The number of nitriles is 1. The van der Waals surface area contributed by atoms with Crippen LogP contribution >= 0.6 is 39.1 Å². The van der Waals surface area contributed by atoms with E-state index in [2.05, 4.69) is 21.2 Å². The maximum Gasteiger partial charge on any atom is 0.266 e. The number of rotatable bonds is 9. The fraction of sp³-hybridized carbons (Fsp3) is 0.103.